The number of hydrogen-bond acceptors (Lipinski definition) is 3. The van der Waals surface area contributed by atoms with Crippen LogP contribution in [0.2, 0.25) is 0 Å². The Hall–Kier alpha value is -0.830. The minimum absolute atomic E-state index is 0.375. The maximum atomic E-state index is 8.95. The van der Waals surface area contributed by atoms with Crippen LogP contribution in [-0.4, -0.2) is 26.7 Å². The highest BCUT2D eigenvalue weighted by Crippen LogP contribution is 1.99. The monoisotopic (exact) mass is 143 g/mol. The van der Waals surface area contributed by atoms with Crippen LogP contribution in [0.25, 0.3) is 0 Å². The van der Waals surface area contributed by atoms with Crippen molar-refractivity contribution >= 4 is 6.47 Å². The Morgan fingerprint density at radius 2 is 2.40 bits per heavy atom. The Morgan fingerprint density at radius 1 is 1.80 bits per heavy atom. The van der Waals surface area contributed by atoms with Crippen molar-refractivity contribution in [1.82, 2.24) is 5.32 Å². The lowest BCUT2D eigenvalue weighted by Gasteiger charge is -1.80. The third-order valence-electron chi connectivity index (χ3n) is 1.13. The highest BCUT2D eigenvalue weighted by atomic mass is 16.5. The number of methoxy groups -OCH3 is 1. The van der Waals surface area contributed by atoms with Gasteiger partial charge in [-0.15, -0.1) is 0 Å². The van der Waals surface area contributed by atoms with Gasteiger partial charge in [0.15, 0.2) is 0 Å². The topological polar surface area (TPSA) is 38.3 Å². The average molecular weight is 143 g/mol. The van der Waals surface area contributed by atoms with Crippen molar-refractivity contribution in [3.8, 4) is 0 Å². The normalized spacial score (nSPS) is 15.5. The molecule has 0 aromatic carbocycles. The molecule has 0 radical (unpaired) electrons. The summed E-state index contributed by atoms with van der Waals surface area (Å²) in [7, 11) is 1.31. The Labute approximate surface area is 61.1 Å². The van der Waals surface area contributed by atoms with Gasteiger partial charge in [0.1, 0.15) is 0 Å². The fourth-order valence-corrected chi connectivity index (χ4v) is 0.619. The van der Waals surface area contributed by atoms with E-state index >= 15 is 0 Å². The zero-order chi connectivity index (χ0) is 7.82. The molecular weight excluding hydrogens is 130 g/mol. The molecule has 0 atom stereocenters. The minimum atomic E-state index is 0.375. The summed E-state index contributed by atoms with van der Waals surface area (Å²) in [5.74, 6) is 0. The Bertz CT molecular complexity index is 104. The predicted molar refractivity (Wildman–Crippen MR) is 39.7 cm³/mol. The van der Waals surface area contributed by atoms with Gasteiger partial charge in [-0.1, -0.05) is 12.2 Å². The van der Waals surface area contributed by atoms with Gasteiger partial charge in [0.2, 0.25) is 0 Å². The molecule has 0 spiro atoms. The second-order valence-electron chi connectivity index (χ2n) is 2.01. The van der Waals surface area contributed by atoms with Crippen LogP contribution < -0.4 is 5.32 Å². The highest BCUT2D eigenvalue weighted by molar-refractivity contribution is 5.36. The summed E-state index contributed by atoms with van der Waals surface area (Å²) in [6.45, 7) is 6.35. The van der Waals surface area contributed by atoms with E-state index in [1.807, 2.05) is 0 Å². The van der Waals surface area contributed by atoms with Gasteiger partial charge < -0.3 is 10.1 Å². The Balaban J connectivity index is 0.000000180. The first-order valence-electron chi connectivity index (χ1n) is 3.15. The third kappa shape index (κ3) is 5.31. The van der Waals surface area contributed by atoms with E-state index in [-0.39, 0.29) is 0 Å². The number of carbonyl (C=O) groups excluding carboxylic acids is 1. The van der Waals surface area contributed by atoms with Gasteiger partial charge in [0.25, 0.3) is 6.47 Å². The molecule has 1 fully saturated rings. The Kier molecular flexibility index (Phi) is 5.77. The lowest BCUT2D eigenvalue weighted by atomic mass is 10.3. The van der Waals surface area contributed by atoms with Crippen LogP contribution >= 0.6 is 0 Å². The van der Waals surface area contributed by atoms with E-state index in [0.29, 0.717) is 6.47 Å². The molecule has 1 saturated heterocycles. The molecule has 1 aliphatic rings. The van der Waals surface area contributed by atoms with Gasteiger partial charge in [0.05, 0.1) is 7.11 Å². The molecule has 1 rings (SSSR count). The standard InChI is InChI=1S/C5H9N.C2H4O2/c1-5-2-3-6-4-5;1-4-2-3/h6H,1-4H2;2H,1H3. The predicted octanol–water partition coefficient (Wildman–Crippen LogP) is 0.325. The van der Waals surface area contributed by atoms with Crippen molar-refractivity contribution in [3.63, 3.8) is 0 Å². The molecule has 3 nitrogen and oxygen atoms in total. The second-order valence-corrected chi connectivity index (χ2v) is 2.01. The van der Waals surface area contributed by atoms with E-state index in [2.05, 4.69) is 16.6 Å². The van der Waals surface area contributed by atoms with Crippen LogP contribution in [0.4, 0.5) is 0 Å². The summed E-state index contributed by atoms with van der Waals surface area (Å²) in [4.78, 5) is 8.95. The van der Waals surface area contributed by atoms with Gasteiger partial charge in [0, 0.05) is 6.54 Å². The van der Waals surface area contributed by atoms with Gasteiger partial charge in [-0.3, -0.25) is 4.79 Å². The summed E-state index contributed by atoms with van der Waals surface area (Å²) in [5, 5.41) is 3.17. The molecule has 0 bridgehead atoms. The molecule has 0 unspecified atom stereocenters. The number of nitrogens with one attached hydrogen (secondary N) is 1. The lowest BCUT2D eigenvalue weighted by Crippen LogP contribution is -2.04. The first-order chi connectivity index (χ1) is 4.81. The molecule has 58 valence electrons. The molecular formula is C7H13NO2. The molecule has 0 aromatic heterocycles. The lowest BCUT2D eigenvalue weighted by molar-refractivity contribution is -0.126. The largest absolute Gasteiger partial charge is 0.471 e. The molecule has 3 heteroatoms. The van der Waals surface area contributed by atoms with Gasteiger partial charge in [-0.2, -0.15) is 0 Å². The van der Waals surface area contributed by atoms with E-state index < -0.39 is 0 Å². The minimum Gasteiger partial charge on any atom is -0.471 e. The van der Waals surface area contributed by atoms with E-state index in [1.54, 1.807) is 0 Å². The second kappa shape index (κ2) is 6.29. The molecule has 1 heterocycles. The molecule has 0 aliphatic carbocycles. The van der Waals surface area contributed by atoms with Gasteiger partial charge >= 0.3 is 0 Å². The van der Waals surface area contributed by atoms with E-state index in [1.165, 1.54) is 19.1 Å². The van der Waals surface area contributed by atoms with Gasteiger partial charge in [-0.05, 0) is 13.0 Å². The fraction of sp³-hybridized carbons (Fsp3) is 0.571. The van der Waals surface area contributed by atoms with Crippen molar-refractivity contribution in [2.24, 2.45) is 0 Å². The number of ether oxygens (including phenoxy) is 1. The third-order valence-corrected chi connectivity index (χ3v) is 1.13. The summed E-state index contributed by atoms with van der Waals surface area (Å²) in [5.41, 5.74) is 1.34. The molecule has 10 heavy (non-hydrogen) atoms. The first-order valence-corrected chi connectivity index (χ1v) is 3.15. The van der Waals surface area contributed by atoms with Crippen molar-refractivity contribution in [2.75, 3.05) is 20.2 Å². The van der Waals surface area contributed by atoms with Crippen LogP contribution in [-0.2, 0) is 9.53 Å². The van der Waals surface area contributed by atoms with E-state index in [4.69, 9.17) is 4.79 Å². The summed E-state index contributed by atoms with van der Waals surface area (Å²) >= 11 is 0. The number of rotatable bonds is 1. The van der Waals surface area contributed by atoms with Crippen molar-refractivity contribution in [1.29, 1.82) is 0 Å². The highest BCUT2D eigenvalue weighted by Gasteiger charge is 1.99. The summed E-state index contributed by atoms with van der Waals surface area (Å²) in [6, 6.07) is 0. The van der Waals surface area contributed by atoms with Crippen LogP contribution in [0, 0.1) is 0 Å². The molecule has 0 aromatic rings. The Morgan fingerprint density at radius 3 is 2.50 bits per heavy atom. The number of hydrogen-bond donors (Lipinski definition) is 1. The molecule has 0 amide bonds. The number of carbonyl (C=O) groups is 1. The smallest absolute Gasteiger partial charge is 0.292 e. The molecule has 1 N–H and O–H groups in total. The average Bonchev–Trinajstić information content (AvgIpc) is 2.40. The quantitative estimate of drug-likeness (QED) is 0.424. The SMILES string of the molecule is C=C1CCNC1.COC=O. The van der Waals surface area contributed by atoms with Crippen LogP contribution in [0.3, 0.4) is 0 Å². The first kappa shape index (κ1) is 9.17. The van der Waals surface area contributed by atoms with Crippen LogP contribution in [0.15, 0.2) is 12.2 Å². The van der Waals surface area contributed by atoms with Gasteiger partial charge in [-0.25, -0.2) is 0 Å². The van der Waals surface area contributed by atoms with Crippen molar-refractivity contribution in [2.45, 2.75) is 6.42 Å². The van der Waals surface area contributed by atoms with Crippen LogP contribution in [0.5, 0.6) is 0 Å². The molecule has 0 saturated carbocycles. The maximum Gasteiger partial charge on any atom is 0.292 e. The maximum absolute atomic E-state index is 8.95. The summed E-state index contributed by atoms with van der Waals surface area (Å²) in [6.07, 6.45) is 1.18. The van der Waals surface area contributed by atoms with E-state index in [0.717, 1.165) is 13.1 Å². The molecule has 1 aliphatic heterocycles. The van der Waals surface area contributed by atoms with Crippen molar-refractivity contribution < 1.29 is 9.53 Å². The van der Waals surface area contributed by atoms with E-state index in [9.17, 15) is 0 Å². The van der Waals surface area contributed by atoms with Crippen molar-refractivity contribution in [3.05, 3.63) is 12.2 Å². The van der Waals surface area contributed by atoms with Crippen LogP contribution in [0.1, 0.15) is 6.42 Å². The zero-order valence-corrected chi connectivity index (χ0v) is 6.22. The fourth-order valence-electron chi connectivity index (χ4n) is 0.619. The zero-order valence-electron chi connectivity index (χ0n) is 6.22. The summed E-state index contributed by atoms with van der Waals surface area (Å²) < 4.78 is 3.86.